The Morgan fingerprint density at radius 3 is 2.14 bits per heavy atom. The Morgan fingerprint density at radius 1 is 1.05 bits per heavy atom. The van der Waals surface area contributed by atoms with Crippen LogP contribution in [-0.2, 0) is 24.0 Å². The smallest absolute Gasteiger partial charge is 0.346 e. The summed E-state index contributed by atoms with van der Waals surface area (Å²) in [6.07, 6.45) is 0. The fraction of sp³-hybridized carbons (Fsp3) is 0.938. The van der Waals surface area contributed by atoms with Crippen molar-refractivity contribution in [3.63, 3.8) is 0 Å². The predicted molar refractivity (Wildman–Crippen MR) is 76.6 cm³/mol. The molecule has 1 heterocycles. The van der Waals surface area contributed by atoms with Crippen LogP contribution in [0.5, 0.6) is 0 Å². The van der Waals surface area contributed by atoms with E-state index in [0.29, 0.717) is 48.7 Å². The second-order valence-electron chi connectivity index (χ2n) is 8.79. The van der Waals surface area contributed by atoms with E-state index in [1.807, 2.05) is 20.8 Å². The summed E-state index contributed by atoms with van der Waals surface area (Å²) in [5.41, 5.74) is -0.763. The van der Waals surface area contributed by atoms with E-state index in [0.717, 1.165) is 0 Å². The van der Waals surface area contributed by atoms with Crippen LogP contribution >= 0.6 is 15.9 Å². The number of ether oxygens (including phenoxy) is 2. The summed E-state index contributed by atoms with van der Waals surface area (Å²) in [4.78, 5) is 23.2. The molecule has 0 aromatic rings. The zero-order valence-electron chi connectivity index (χ0n) is 12.8. The van der Waals surface area contributed by atoms with Gasteiger partial charge in [0, 0.05) is 5.92 Å². The van der Waals surface area contributed by atoms with Crippen LogP contribution in [0.25, 0.3) is 0 Å². The van der Waals surface area contributed by atoms with Gasteiger partial charge in [0.1, 0.15) is 5.60 Å². The first kappa shape index (κ1) is 13.2. The molecule has 4 unspecified atom stereocenters. The molecule has 0 amide bonds. The molecule has 7 aliphatic rings. The maximum atomic E-state index is 12.7. The highest BCUT2D eigenvalue weighted by Crippen LogP contribution is 3.04. The summed E-state index contributed by atoms with van der Waals surface area (Å²) in [5.74, 6) is 1.88. The summed E-state index contributed by atoms with van der Waals surface area (Å²) >= 11 is 3.98. The fourth-order valence-electron chi connectivity index (χ4n) is 7.26. The van der Waals surface area contributed by atoms with Crippen molar-refractivity contribution >= 4 is 21.9 Å². The van der Waals surface area contributed by atoms with Gasteiger partial charge in [0.15, 0.2) is 5.79 Å². The number of carbonyl (C=O) groups is 1. The zero-order chi connectivity index (χ0) is 15.3. The molecule has 6 saturated carbocycles. The molecule has 6 aliphatic carbocycles. The van der Waals surface area contributed by atoms with Gasteiger partial charge >= 0.3 is 5.97 Å². The first-order chi connectivity index (χ1) is 10.3. The summed E-state index contributed by atoms with van der Waals surface area (Å²) in [7, 11) is 0. The van der Waals surface area contributed by atoms with E-state index in [2.05, 4.69) is 15.9 Å². The first-order valence-corrected chi connectivity index (χ1v) is 8.98. The quantitative estimate of drug-likeness (QED) is 0.422. The highest BCUT2D eigenvalue weighted by atomic mass is 79.9. The van der Waals surface area contributed by atoms with Gasteiger partial charge in [0.25, 0.3) is 0 Å². The van der Waals surface area contributed by atoms with Crippen LogP contribution in [0.3, 0.4) is 0 Å². The van der Waals surface area contributed by atoms with E-state index in [1.54, 1.807) is 0 Å². The molecule has 0 aromatic carbocycles. The van der Waals surface area contributed by atoms with Crippen LogP contribution in [0, 0.1) is 40.9 Å². The number of alkyl halides is 1. The Bertz CT molecular complexity index is 599. The Kier molecular flexibility index (Phi) is 1.90. The molecule has 1 aliphatic heterocycles. The Hall–Kier alpha value is -0.170. The minimum absolute atomic E-state index is 0.0475. The molecule has 0 aromatic heterocycles. The summed E-state index contributed by atoms with van der Waals surface area (Å²) < 4.78 is 12.1. The van der Waals surface area contributed by atoms with Gasteiger partial charge in [0.2, 0.25) is 0 Å². The van der Waals surface area contributed by atoms with Gasteiger partial charge < -0.3 is 9.47 Å². The Balaban J connectivity index is 1.32. The van der Waals surface area contributed by atoms with Gasteiger partial charge in [-0.05, 0) is 50.4 Å². The third-order valence-electron chi connectivity index (χ3n) is 7.36. The average molecular weight is 371 g/mol. The molecule has 22 heavy (non-hydrogen) atoms. The van der Waals surface area contributed by atoms with Gasteiger partial charge in [-0.2, -0.15) is 4.89 Å². The topological polar surface area (TPSA) is 54.0 Å². The van der Waals surface area contributed by atoms with Crippen LogP contribution in [0.15, 0.2) is 0 Å². The van der Waals surface area contributed by atoms with Crippen molar-refractivity contribution in [1.82, 2.24) is 0 Å². The molecule has 120 valence electrons. The molecule has 2 bridgehead atoms. The third kappa shape index (κ3) is 0.871. The largest absolute Gasteiger partial charge is 0.349 e. The van der Waals surface area contributed by atoms with Gasteiger partial charge in [0.05, 0.1) is 23.0 Å². The first-order valence-electron chi connectivity index (χ1n) is 8.19. The summed E-state index contributed by atoms with van der Waals surface area (Å²) in [6, 6.07) is 0. The SMILES string of the molecule is CC(C)(C)OOC(=O)C12C3C4C1C1C2C3C1(Br)C41OCCO1. The molecular formula is C16H19BrO5. The van der Waals surface area contributed by atoms with Crippen LogP contribution in [0.4, 0.5) is 0 Å². The molecule has 7 fully saturated rings. The second-order valence-corrected chi connectivity index (χ2v) is 10.1. The lowest BCUT2D eigenvalue weighted by Crippen LogP contribution is -2.94. The van der Waals surface area contributed by atoms with Crippen molar-refractivity contribution < 1.29 is 24.0 Å². The molecular weight excluding hydrogens is 352 g/mol. The van der Waals surface area contributed by atoms with Gasteiger partial charge in [-0.15, -0.1) is 0 Å². The van der Waals surface area contributed by atoms with Crippen LogP contribution in [-0.4, -0.2) is 34.9 Å². The Labute approximate surface area is 137 Å². The molecule has 0 N–H and O–H groups in total. The van der Waals surface area contributed by atoms with E-state index in [4.69, 9.17) is 19.2 Å². The van der Waals surface area contributed by atoms with Gasteiger partial charge in [-0.1, -0.05) is 15.9 Å². The predicted octanol–water partition coefficient (Wildman–Crippen LogP) is 1.89. The minimum Gasteiger partial charge on any atom is -0.346 e. The van der Waals surface area contributed by atoms with Crippen molar-refractivity contribution in [2.75, 3.05) is 13.2 Å². The van der Waals surface area contributed by atoms with Crippen molar-refractivity contribution in [3.8, 4) is 0 Å². The monoisotopic (exact) mass is 370 g/mol. The molecule has 6 heteroatoms. The lowest BCUT2D eigenvalue weighted by Gasteiger charge is -2.89. The number of hydrogen-bond donors (Lipinski definition) is 0. The Morgan fingerprint density at radius 2 is 1.59 bits per heavy atom. The van der Waals surface area contributed by atoms with Crippen LogP contribution in [0.1, 0.15) is 20.8 Å². The highest BCUT2D eigenvalue weighted by Gasteiger charge is 3.11. The standard InChI is InChI=1S/C16H19BrO5/c1-13(2,3)22-21-12(18)14-6-9-7(14)11-8(14)10(6)15(9,17)16(11)19-4-5-20-16/h6-11H,4-5H2,1-3H3. The molecule has 7 rings (SSSR count). The number of halogens is 1. The molecule has 5 nitrogen and oxygen atoms in total. The second kappa shape index (κ2) is 3.17. The van der Waals surface area contributed by atoms with Crippen LogP contribution in [0.2, 0.25) is 0 Å². The maximum absolute atomic E-state index is 12.7. The normalized spacial score (nSPS) is 60.2. The molecule has 1 saturated heterocycles. The number of hydrogen-bond acceptors (Lipinski definition) is 5. The summed E-state index contributed by atoms with van der Waals surface area (Å²) in [5, 5.41) is 0. The zero-order valence-corrected chi connectivity index (χ0v) is 14.4. The van der Waals surface area contributed by atoms with Crippen molar-refractivity contribution in [1.29, 1.82) is 0 Å². The van der Waals surface area contributed by atoms with Crippen molar-refractivity contribution in [3.05, 3.63) is 0 Å². The van der Waals surface area contributed by atoms with Crippen molar-refractivity contribution in [2.24, 2.45) is 40.9 Å². The van der Waals surface area contributed by atoms with E-state index in [-0.39, 0.29) is 15.7 Å². The highest BCUT2D eigenvalue weighted by molar-refractivity contribution is 9.10. The van der Waals surface area contributed by atoms with Gasteiger partial charge in [-0.25, -0.2) is 4.79 Å². The van der Waals surface area contributed by atoms with Crippen LogP contribution < -0.4 is 0 Å². The lowest BCUT2D eigenvalue weighted by molar-refractivity contribution is -0.440. The van der Waals surface area contributed by atoms with E-state index in [1.165, 1.54) is 0 Å². The molecule has 4 atom stereocenters. The van der Waals surface area contributed by atoms with E-state index < -0.39 is 11.4 Å². The summed E-state index contributed by atoms with van der Waals surface area (Å²) in [6.45, 7) is 6.98. The minimum atomic E-state index is -0.473. The van der Waals surface area contributed by atoms with E-state index in [9.17, 15) is 4.79 Å². The third-order valence-corrected chi connectivity index (χ3v) is 8.97. The number of carbonyl (C=O) groups excluding carboxylic acids is 1. The molecule has 1 spiro atoms. The average Bonchev–Trinajstić information content (AvgIpc) is 2.95. The van der Waals surface area contributed by atoms with Crippen molar-refractivity contribution in [2.45, 2.75) is 36.5 Å². The van der Waals surface area contributed by atoms with Gasteiger partial charge in [-0.3, -0.25) is 4.89 Å². The van der Waals surface area contributed by atoms with E-state index >= 15 is 0 Å². The molecule has 0 radical (unpaired) electrons. The fourth-order valence-corrected chi connectivity index (χ4v) is 8.89. The lowest BCUT2D eigenvalue weighted by atomic mass is 9.13. The maximum Gasteiger partial charge on any atom is 0.349 e. The number of rotatable bonds is 2.